The van der Waals surface area contributed by atoms with Crippen LogP contribution in [0.15, 0.2) is 59.5 Å². The molecule has 3 aromatic carbocycles. The second kappa shape index (κ2) is 10.9. The van der Waals surface area contributed by atoms with Crippen LogP contribution in [0.2, 0.25) is 0 Å². The molecule has 3 aromatic rings. The van der Waals surface area contributed by atoms with Gasteiger partial charge in [0.05, 0.1) is 23.7 Å². The van der Waals surface area contributed by atoms with Crippen molar-refractivity contribution in [3.8, 4) is 11.5 Å². The van der Waals surface area contributed by atoms with Crippen molar-refractivity contribution < 1.29 is 32.2 Å². The Labute approximate surface area is 215 Å². The smallest absolute Gasteiger partial charge is 0.338 e. The predicted molar refractivity (Wildman–Crippen MR) is 139 cm³/mol. The number of benzene rings is 3. The topological polar surface area (TPSA) is 120 Å². The van der Waals surface area contributed by atoms with Gasteiger partial charge in [0.15, 0.2) is 18.1 Å². The van der Waals surface area contributed by atoms with Crippen molar-refractivity contribution >= 4 is 33.3 Å². The zero-order chi connectivity index (χ0) is 26.6. The third-order valence-corrected chi connectivity index (χ3v) is 7.03. The molecule has 0 unspecified atom stereocenters. The molecule has 1 amide bonds. The number of nitrogens with one attached hydrogen (secondary N) is 2. The molecule has 0 spiro atoms. The quantitative estimate of drug-likeness (QED) is 0.441. The van der Waals surface area contributed by atoms with Crippen LogP contribution in [0.1, 0.15) is 33.5 Å². The average Bonchev–Trinajstić information content (AvgIpc) is 3.09. The van der Waals surface area contributed by atoms with Gasteiger partial charge in [-0.25, -0.2) is 13.2 Å². The van der Waals surface area contributed by atoms with Crippen molar-refractivity contribution in [3.05, 3.63) is 76.9 Å². The maximum Gasteiger partial charge on any atom is 0.338 e. The van der Waals surface area contributed by atoms with E-state index in [1.165, 1.54) is 36.4 Å². The first-order valence-electron chi connectivity index (χ1n) is 11.7. The molecular weight excluding hydrogens is 496 g/mol. The summed E-state index contributed by atoms with van der Waals surface area (Å²) < 4.78 is 44.6. The van der Waals surface area contributed by atoms with E-state index in [4.69, 9.17) is 14.2 Å². The monoisotopic (exact) mass is 524 g/mol. The fourth-order valence-electron chi connectivity index (χ4n) is 4.00. The molecule has 0 aromatic heterocycles. The molecule has 10 heteroatoms. The molecule has 9 nitrogen and oxygen atoms in total. The summed E-state index contributed by atoms with van der Waals surface area (Å²) in [6, 6.07) is 14.1. The Morgan fingerprint density at radius 3 is 2.35 bits per heavy atom. The minimum absolute atomic E-state index is 0.0110. The van der Waals surface area contributed by atoms with Gasteiger partial charge in [0, 0.05) is 23.9 Å². The van der Waals surface area contributed by atoms with Crippen LogP contribution in [-0.4, -0.2) is 40.1 Å². The van der Waals surface area contributed by atoms with Crippen LogP contribution in [0.4, 0.5) is 11.4 Å². The Bertz CT molecular complexity index is 1430. The summed E-state index contributed by atoms with van der Waals surface area (Å²) in [6.45, 7) is 6.18. The Morgan fingerprint density at radius 1 is 0.919 bits per heavy atom. The van der Waals surface area contributed by atoms with Gasteiger partial charge in [0.25, 0.3) is 15.9 Å². The lowest BCUT2D eigenvalue weighted by Gasteiger charge is -2.13. The summed E-state index contributed by atoms with van der Waals surface area (Å²) in [6.07, 6.45) is 0.699. The molecule has 1 heterocycles. The maximum atomic E-state index is 12.9. The molecule has 0 saturated heterocycles. The van der Waals surface area contributed by atoms with Gasteiger partial charge in [-0.1, -0.05) is 23.8 Å². The van der Waals surface area contributed by atoms with Crippen LogP contribution in [0.25, 0.3) is 0 Å². The molecule has 0 saturated carbocycles. The van der Waals surface area contributed by atoms with E-state index in [1.54, 1.807) is 6.07 Å². The molecular formula is C27H28N2O7S. The number of carbonyl (C=O) groups is 2. The van der Waals surface area contributed by atoms with E-state index < -0.39 is 28.5 Å². The fourth-order valence-corrected chi connectivity index (χ4v) is 5.07. The van der Waals surface area contributed by atoms with Crippen molar-refractivity contribution in [2.75, 3.05) is 29.9 Å². The van der Waals surface area contributed by atoms with Gasteiger partial charge in [-0.15, -0.1) is 0 Å². The molecule has 0 bridgehead atoms. The first-order valence-corrected chi connectivity index (χ1v) is 13.2. The third kappa shape index (κ3) is 6.39. The lowest BCUT2D eigenvalue weighted by molar-refractivity contribution is -0.119. The Morgan fingerprint density at radius 2 is 1.62 bits per heavy atom. The summed E-state index contributed by atoms with van der Waals surface area (Å²) in [5.74, 6) is -0.399. The van der Waals surface area contributed by atoms with Crippen molar-refractivity contribution in [1.82, 2.24) is 0 Å². The largest absolute Gasteiger partial charge is 0.490 e. The zero-order valence-electron chi connectivity index (χ0n) is 20.8. The molecule has 2 N–H and O–H groups in total. The molecule has 1 aliphatic heterocycles. The molecule has 0 atom stereocenters. The van der Waals surface area contributed by atoms with Crippen molar-refractivity contribution in [1.29, 1.82) is 0 Å². The molecule has 1 aliphatic rings. The van der Waals surface area contributed by atoms with Crippen LogP contribution >= 0.6 is 0 Å². The molecule has 0 fully saturated rings. The van der Waals surface area contributed by atoms with Gasteiger partial charge in [-0.05, 0) is 62.2 Å². The highest BCUT2D eigenvalue weighted by Crippen LogP contribution is 2.32. The molecule has 4 rings (SSSR count). The summed E-state index contributed by atoms with van der Waals surface area (Å²) >= 11 is 0. The second-order valence-corrected chi connectivity index (χ2v) is 10.4. The van der Waals surface area contributed by atoms with E-state index >= 15 is 0 Å². The maximum absolute atomic E-state index is 12.9. The first kappa shape index (κ1) is 26.0. The molecule has 0 aliphatic carbocycles. The van der Waals surface area contributed by atoms with Gasteiger partial charge in [0.1, 0.15) is 0 Å². The average molecular weight is 525 g/mol. The number of ether oxygens (including phenoxy) is 3. The zero-order valence-corrected chi connectivity index (χ0v) is 21.6. The van der Waals surface area contributed by atoms with Crippen LogP contribution in [0, 0.1) is 20.8 Å². The first-order chi connectivity index (χ1) is 17.6. The molecule has 37 heavy (non-hydrogen) atoms. The Hall–Kier alpha value is -4.05. The lowest BCUT2D eigenvalue weighted by atomic mass is 10.1. The van der Waals surface area contributed by atoms with E-state index in [0.29, 0.717) is 36.8 Å². The van der Waals surface area contributed by atoms with Crippen molar-refractivity contribution in [2.24, 2.45) is 0 Å². The summed E-state index contributed by atoms with van der Waals surface area (Å²) in [7, 11) is -3.97. The normalized spacial score (nSPS) is 12.8. The highest BCUT2D eigenvalue weighted by atomic mass is 32.2. The second-order valence-electron chi connectivity index (χ2n) is 8.74. The fraction of sp³-hybridized carbons (Fsp3) is 0.259. The summed E-state index contributed by atoms with van der Waals surface area (Å²) in [4.78, 5) is 24.9. The minimum Gasteiger partial charge on any atom is -0.490 e. The summed E-state index contributed by atoms with van der Waals surface area (Å²) in [5.41, 5.74) is 3.83. The standard InChI is InChI=1S/C27H28N2O7S/c1-17-12-18(2)26(19(3)13-17)28-25(30)16-36-27(31)20-6-4-7-21(14-20)29-37(32,33)22-8-9-23-24(15-22)35-11-5-10-34-23/h4,6-9,12-15,29H,5,10-11,16H2,1-3H3,(H,28,30). The van der Waals surface area contributed by atoms with Crippen LogP contribution < -0.4 is 19.5 Å². The predicted octanol–water partition coefficient (Wildman–Crippen LogP) is 4.37. The van der Waals surface area contributed by atoms with Gasteiger partial charge in [-0.2, -0.15) is 0 Å². The number of sulfonamides is 1. The number of carbonyl (C=O) groups excluding carboxylic acids is 2. The number of hydrogen-bond acceptors (Lipinski definition) is 7. The number of esters is 1. The van der Waals surface area contributed by atoms with E-state index in [2.05, 4.69) is 10.0 Å². The molecule has 0 radical (unpaired) electrons. The number of amides is 1. The van der Waals surface area contributed by atoms with Gasteiger partial charge >= 0.3 is 5.97 Å². The van der Waals surface area contributed by atoms with Crippen LogP contribution in [0.5, 0.6) is 11.5 Å². The van der Waals surface area contributed by atoms with Crippen molar-refractivity contribution in [2.45, 2.75) is 32.1 Å². The number of anilines is 2. The third-order valence-electron chi connectivity index (χ3n) is 5.66. The lowest BCUT2D eigenvalue weighted by Crippen LogP contribution is -2.22. The SMILES string of the molecule is Cc1cc(C)c(NC(=O)COC(=O)c2cccc(NS(=O)(=O)c3ccc4c(c3)OCCCO4)c2)c(C)c1. The highest BCUT2D eigenvalue weighted by Gasteiger charge is 2.20. The van der Waals surface area contributed by atoms with Gasteiger partial charge < -0.3 is 19.5 Å². The van der Waals surface area contributed by atoms with E-state index in [-0.39, 0.29) is 16.1 Å². The number of rotatable bonds is 7. The number of hydrogen-bond donors (Lipinski definition) is 2. The Kier molecular flexibility index (Phi) is 7.68. The van der Waals surface area contributed by atoms with Gasteiger partial charge in [-0.3, -0.25) is 9.52 Å². The van der Waals surface area contributed by atoms with Crippen LogP contribution in [0.3, 0.4) is 0 Å². The van der Waals surface area contributed by atoms with Gasteiger partial charge in [0.2, 0.25) is 0 Å². The van der Waals surface area contributed by atoms with Crippen LogP contribution in [-0.2, 0) is 19.6 Å². The van der Waals surface area contributed by atoms with E-state index in [9.17, 15) is 18.0 Å². The highest BCUT2D eigenvalue weighted by molar-refractivity contribution is 7.92. The number of fused-ring (bicyclic) bond motifs is 1. The van der Waals surface area contributed by atoms with Crippen molar-refractivity contribution in [3.63, 3.8) is 0 Å². The number of aryl methyl sites for hydroxylation is 3. The van der Waals surface area contributed by atoms with E-state index in [0.717, 1.165) is 16.7 Å². The van der Waals surface area contributed by atoms with E-state index in [1.807, 2.05) is 32.9 Å². The Balaban J connectivity index is 1.40. The molecule has 194 valence electrons. The summed E-state index contributed by atoms with van der Waals surface area (Å²) in [5, 5.41) is 2.77. The minimum atomic E-state index is -3.97.